The average Bonchev–Trinajstić information content (AvgIpc) is 3.00. The lowest BCUT2D eigenvalue weighted by atomic mass is 10.1. The summed E-state index contributed by atoms with van der Waals surface area (Å²) in [5.74, 6) is -1.47. The van der Waals surface area contributed by atoms with Gasteiger partial charge in [0, 0.05) is 23.1 Å². The summed E-state index contributed by atoms with van der Waals surface area (Å²) in [5.41, 5.74) is 0.952. The number of furan rings is 1. The van der Waals surface area contributed by atoms with Crippen LogP contribution >= 0.6 is 11.6 Å². The number of halogens is 1. The first-order valence-electron chi connectivity index (χ1n) is 8.22. The highest BCUT2D eigenvalue weighted by atomic mass is 35.5. The molecule has 3 rings (SSSR count). The van der Waals surface area contributed by atoms with E-state index >= 15 is 0 Å². The molecule has 0 radical (unpaired) electrons. The number of nitrogens with one attached hydrogen (secondary N) is 1. The van der Waals surface area contributed by atoms with Gasteiger partial charge in [0.2, 0.25) is 5.76 Å². The zero-order valence-corrected chi connectivity index (χ0v) is 15.6. The number of benzene rings is 2. The van der Waals surface area contributed by atoms with Crippen LogP contribution in [-0.4, -0.2) is 22.9 Å². The van der Waals surface area contributed by atoms with Gasteiger partial charge in [0.25, 0.3) is 11.6 Å². The van der Waals surface area contributed by atoms with Crippen molar-refractivity contribution in [2.75, 3.05) is 5.32 Å². The molecule has 1 atom stereocenters. The largest absolute Gasteiger partial charge is 0.449 e. The maximum absolute atomic E-state index is 12.4. The SMILES string of the molecule is Cc1c(C(=O)OC(C)C(=O)Nc2cc([N+](=O)[O-])ccc2Cl)oc2ccccc12. The fourth-order valence-corrected chi connectivity index (χ4v) is 2.76. The van der Waals surface area contributed by atoms with Crippen LogP contribution in [0.5, 0.6) is 0 Å². The summed E-state index contributed by atoms with van der Waals surface area (Å²) in [6, 6.07) is 10.8. The Labute approximate surface area is 164 Å². The summed E-state index contributed by atoms with van der Waals surface area (Å²) in [6.07, 6.45) is -1.18. The lowest BCUT2D eigenvalue weighted by Crippen LogP contribution is -2.30. The third-order valence-corrected chi connectivity index (χ3v) is 4.43. The second-order valence-corrected chi connectivity index (χ2v) is 6.42. The van der Waals surface area contributed by atoms with Crippen molar-refractivity contribution >= 4 is 45.8 Å². The Morgan fingerprint density at radius 1 is 1.25 bits per heavy atom. The molecular formula is C19H15ClN2O6. The van der Waals surface area contributed by atoms with Gasteiger partial charge in [-0.2, -0.15) is 0 Å². The van der Waals surface area contributed by atoms with Crippen LogP contribution in [0.1, 0.15) is 23.0 Å². The number of fused-ring (bicyclic) bond motifs is 1. The van der Waals surface area contributed by atoms with Crippen molar-refractivity contribution in [3.8, 4) is 0 Å². The lowest BCUT2D eigenvalue weighted by molar-refractivity contribution is -0.384. The van der Waals surface area contributed by atoms with Crippen molar-refractivity contribution in [3.63, 3.8) is 0 Å². The standard InChI is InChI=1S/C19H15ClN2O6/c1-10-13-5-3-4-6-16(13)28-17(10)19(24)27-11(2)18(23)21-15-9-12(22(25)26)7-8-14(15)20/h3-9,11H,1-2H3,(H,21,23). The minimum Gasteiger partial charge on any atom is -0.449 e. The molecule has 0 aliphatic heterocycles. The normalized spacial score (nSPS) is 11.8. The van der Waals surface area contributed by atoms with E-state index in [1.165, 1.54) is 19.1 Å². The van der Waals surface area contributed by atoms with E-state index in [1.54, 1.807) is 19.1 Å². The van der Waals surface area contributed by atoms with Gasteiger partial charge in [-0.1, -0.05) is 29.8 Å². The van der Waals surface area contributed by atoms with Gasteiger partial charge in [0.05, 0.1) is 15.6 Å². The van der Waals surface area contributed by atoms with Crippen LogP contribution in [0.15, 0.2) is 46.9 Å². The summed E-state index contributed by atoms with van der Waals surface area (Å²) in [5, 5.41) is 14.2. The van der Waals surface area contributed by atoms with Gasteiger partial charge in [-0.15, -0.1) is 0 Å². The fraction of sp³-hybridized carbons (Fsp3) is 0.158. The molecule has 1 N–H and O–H groups in total. The second-order valence-electron chi connectivity index (χ2n) is 6.01. The zero-order valence-electron chi connectivity index (χ0n) is 14.9. The Kier molecular flexibility index (Phi) is 5.32. The number of carbonyl (C=O) groups is 2. The highest BCUT2D eigenvalue weighted by Crippen LogP contribution is 2.28. The van der Waals surface area contributed by atoms with Crippen LogP contribution < -0.4 is 5.32 Å². The fourth-order valence-electron chi connectivity index (χ4n) is 2.59. The third kappa shape index (κ3) is 3.81. The number of nitro benzene ring substituents is 1. The number of hydrogen-bond donors (Lipinski definition) is 1. The Balaban J connectivity index is 1.73. The number of hydrogen-bond acceptors (Lipinski definition) is 6. The van der Waals surface area contributed by atoms with E-state index < -0.39 is 22.9 Å². The van der Waals surface area contributed by atoms with Crippen LogP contribution in [-0.2, 0) is 9.53 Å². The molecule has 1 unspecified atom stereocenters. The van der Waals surface area contributed by atoms with Crippen molar-refractivity contribution in [2.24, 2.45) is 0 Å². The van der Waals surface area contributed by atoms with Gasteiger partial charge in [-0.3, -0.25) is 14.9 Å². The van der Waals surface area contributed by atoms with Crippen molar-refractivity contribution in [3.05, 3.63) is 68.9 Å². The highest BCUT2D eigenvalue weighted by Gasteiger charge is 2.25. The molecule has 0 spiro atoms. The Bertz CT molecular complexity index is 1090. The van der Waals surface area contributed by atoms with E-state index in [-0.39, 0.29) is 22.2 Å². The van der Waals surface area contributed by atoms with Gasteiger partial charge < -0.3 is 14.5 Å². The molecule has 3 aromatic rings. The van der Waals surface area contributed by atoms with Crippen LogP contribution in [0, 0.1) is 17.0 Å². The summed E-state index contributed by atoms with van der Waals surface area (Å²) < 4.78 is 10.7. The number of carbonyl (C=O) groups excluding carboxylic acids is 2. The zero-order chi connectivity index (χ0) is 20.4. The molecule has 2 aromatic carbocycles. The van der Waals surface area contributed by atoms with E-state index in [1.807, 2.05) is 12.1 Å². The molecule has 0 bridgehead atoms. The van der Waals surface area contributed by atoms with E-state index in [2.05, 4.69) is 5.32 Å². The van der Waals surface area contributed by atoms with Crippen LogP contribution in [0.4, 0.5) is 11.4 Å². The first kappa shape index (κ1) is 19.4. The second kappa shape index (κ2) is 7.69. The smallest absolute Gasteiger partial charge is 0.375 e. The Morgan fingerprint density at radius 3 is 2.64 bits per heavy atom. The summed E-state index contributed by atoms with van der Waals surface area (Å²) >= 11 is 5.96. The minimum atomic E-state index is -1.18. The number of rotatable bonds is 5. The quantitative estimate of drug-likeness (QED) is 0.382. The number of amides is 1. The monoisotopic (exact) mass is 402 g/mol. The summed E-state index contributed by atoms with van der Waals surface area (Å²) in [4.78, 5) is 35.0. The van der Waals surface area contributed by atoms with Crippen LogP contribution in [0.2, 0.25) is 5.02 Å². The minimum absolute atomic E-state index is 0.00855. The molecule has 1 amide bonds. The van der Waals surface area contributed by atoms with Crippen molar-refractivity contribution in [2.45, 2.75) is 20.0 Å². The molecule has 9 heteroatoms. The topological polar surface area (TPSA) is 112 Å². The lowest BCUT2D eigenvalue weighted by Gasteiger charge is -2.13. The number of nitrogens with zero attached hydrogens (tertiary/aromatic N) is 1. The maximum atomic E-state index is 12.4. The van der Waals surface area contributed by atoms with Crippen LogP contribution in [0.25, 0.3) is 11.0 Å². The van der Waals surface area contributed by atoms with E-state index in [0.717, 1.165) is 11.5 Å². The van der Waals surface area contributed by atoms with Crippen molar-refractivity contribution < 1.29 is 23.7 Å². The Hall–Kier alpha value is -3.39. The van der Waals surface area contributed by atoms with Crippen molar-refractivity contribution in [1.29, 1.82) is 0 Å². The molecule has 144 valence electrons. The summed E-state index contributed by atoms with van der Waals surface area (Å²) in [6.45, 7) is 3.09. The number of para-hydroxylation sites is 1. The molecule has 1 heterocycles. The van der Waals surface area contributed by atoms with Gasteiger partial charge in [0.1, 0.15) is 5.58 Å². The first-order chi connectivity index (χ1) is 13.3. The Morgan fingerprint density at radius 2 is 1.96 bits per heavy atom. The number of ether oxygens (including phenoxy) is 1. The summed E-state index contributed by atoms with van der Waals surface area (Å²) in [7, 11) is 0. The number of esters is 1. The van der Waals surface area contributed by atoms with Gasteiger partial charge in [-0.25, -0.2) is 4.79 Å². The number of anilines is 1. The highest BCUT2D eigenvalue weighted by molar-refractivity contribution is 6.33. The molecule has 28 heavy (non-hydrogen) atoms. The maximum Gasteiger partial charge on any atom is 0.375 e. The predicted molar refractivity (Wildman–Crippen MR) is 103 cm³/mol. The first-order valence-corrected chi connectivity index (χ1v) is 8.59. The molecule has 8 nitrogen and oxygen atoms in total. The van der Waals surface area contributed by atoms with E-state index in [0.29, 0.717) is 11.1 Å². The number of nitro groups is 1. The number of non-ortho nitro benzene ring substituents is 1. The predicted octanol–water partition coefficient (Wildman–Crippen LogP) is 4.49. The molecule has 0 fully saturated rings. The third-order valence-electron chi connectivity index (χ3n) is 4.10. The van der Waals surface area contributed by atoms with Gasteiger partial charge >= 0.3 is 5.97 Å². The van der Waals surface area contributed by atoms with Crippen molar-refractivity contribution in [1.82, 2.24) is 0 Å². The molecule has 0 saturated heterocycles. The van der Waals surface area contributed by atoms with Gasteiger partial charge in [0.15, 0.2) is 6.10 Å². The molecule has 0 saturated carbocycles. The molecule has 0 aliphatic carbocycles. The van der Waals surface area contributed by atoms with Gasteiger partial charge in [-0.05, 0) is 26.0 Å². The molecule has 0 aliphatic rings. The van der Waals surface area contributed by atoms with E-state index in [9.17, 15) is 19.7 Å². The average molecular weight is 403 g/mol. The van der Waals surface area contributed by atoms with Crippen LogP contribution in [0.3, 0.4) is 0 Å². The molecule has 1 aromatic heterocycles. The molecular weight excluding hydrogens is 388 g/mol. The number of aryl methyl sites for hydroxylation is 1. The van der Waals surface area contributed by atoms with E-state index in [4.69, 9.17) is 20.8 Å².